The number of pyridine rings is 1. The second-order valence-corrected chi connectivity index (χ2v) is 16.6. The molecule has 63 heavy (non-hydrogen) atoms. The van der Waals surface area contributed by atoms with E-state index in [9.17, 15) is 0 Å². The zero-order valence-electron chi connectivity index (χ0n) is 34.6. The number of rotatable bonds is 7. The van der Waals surface area contributed by atoms with E-state index in [1.807, 2.05) is 0 Å². The molecule has 1 aliphatic carbocycles. The Labute approximate surface area is 368 Å². The van der Waals surface area contributed by atoms with Crippen molar-refractivity contribution >= 4 is 21.5 Å². The van der Waals surface area contributed by atoms with E-state index in [1.165, 1.54) is 88.3 Å². The number of benzene rings is 10. The lowest BCUT2D eigenvalue weighted by atomic mass is 9.67. The topological polar surface area (TPSA) is 12.9 Å². The second-order valence-electron chi connectivity index (χ2n) is 16.6. The molecule has 0 aliphatic heterocycles. The summed E-state index contributed by atoms with van der Waals surface area (Å²) < 4.78 is 0. The highest BCUT2D eigenvalue weighted by atomic mass is 14.7. The molecule has 0 saturated carbocycles. The number of hydrogen-bond donors (Lipinski definition) is 0. The fourth-order valence-corrected chi connectivity index (χ4v) is 10.4. The third-order valence-electron chi connectivity index (χ3n) is 13.2. The quantitative estimate of drug-likeness (QED) is 0.146. The Balaban J connectivity index is 1.04. The molecular formula is C62H41N. The Morgan fingerprint density at radius 3 is 1.22 bits per heavy atom. The molecule has 0 radical (unpaired) electrons. The molecular weight excluding hydrogens is 759 g/mol. The standard InChI is InChI=1S/C62H41N/c1-5-19-42(20-6-1)46-37-47(43-21-7-2-8-22-43)39-48(38-46)45-34-36-59(63-41-45)61-55-30-15-13-28-53(55)60(54-29-14-16-31-56(54)61)44-33-35-52-51-27-17-18-32-57(51)62(58(52)40-44,49-23-9-3-10-24-49)50-25-11-4-12-26-50/h1-41H. The van der Waals surface area contributed by atoms with Crippen LogP contribution in [0.4, 0.5) is 0 Å². The molecule has 0 bridgehead atoms. The Hall–Kier alpha value is -8.13. The Morgan fingerprint density at radius 2 is 0.698 bits per heavy atom. The van der Waals surface area contributed by atoms with E-state index in [2.05, 4.69) is 249 Å². The zero-order valence-corrected chi connectivity index (χ0v) is 34.6. The Bertz CT molecular complexity index is 3310. The first-order valence-corrected chi connectivity index (χ1v) is 21.8. The monoisotopic (exact) mass is 799 g/mol. The van der Waals surface area contributed by atoms with E-state index < -0.39 is 5.41 Å². The zero-order chi connectivity index (χ0) is 41.7. The highest BCUT2D eigenvalue weighted by Gasteiger charge is 2.46. The average molecular weight is 800 g/mol. The van der Waals surface area contributed by atoms with E-state index in [-0.39, 0.29) is 0 Å². The summed E-state index contributed by atoms with van der Waals surface area (Å²) in [4.78, 5) is 5.29. The van der Waals surface area contributed by atoms with Crippen molar-refractivity contribution in [1.29, 1.82) is 0 Å². The van der Waals surface area contributed by atoms with Crippen LogP contribution in [-0.4, -0.2) is 4.98 Å². The highest BCUT2D eigenvalue weighted by molar-refractivity contribution is 6.21. The first-order chi connectivity index (χ1) is 31.3. The fraction of sp³-hybridized carbons (Fsp3) is 0.0161. The molecule has 1 heteroatoms. The third-order valence-corrected chi connectivity index (χ3v) is 13.2. The Morgan fingerprint density at radius 1 is 0.270 bits per heavy atom. The molecule has 1 heterocycles. The van der Waals surface area contributed by atoms with Crippen molar-refractivity contribution < 1.29 is 0 Å². The summed E-state index contributed by atoms with van der Waals surface area (Å²) in [7, 11) is 0. The minimum atomic E-state index is -0.482. The van der Waals surface area contributed by atoms with Crippen LogP contribution in [0.15, 0.2) is 249 Å². The molecule has 0 N–H and O–H groups in total. The molecule has 11 aromatic rings. The van der Waals surface area contributed by atoms with Gasteiger partial charge in [0.15, 0.2) is 0 Å². The van der Waals surface area contributed by atoms with Crippen molar-refractivity contribution in [2.24, 2.45) is 0 Å². The van der Waals surface area contributed by atoms with Crippen molar-refractivity contribution in [1.82, 2.24) is 4.98 Å². The molecule has 1 aliphatic rings. The summed E-state index contributed by atoms with van der Waals surface area (Å²) in [6, 6.07) is 88.7. The third kappa shape index (κ3) is 5.97. The van der Waals surface area contributed by atoms with Crippen LogP contribution in [0.5, 0.6) is 0 Å². The predicted octanol–water partition coefficient (Wildman–Crippen LogP) is 16.1. The maximum atomic E-state index is 5.29. The summed E-state index contributed by atoms with van der Waals surface area (Å²) in [5.41, 5.74) is 18.8. The lowest BCUT2D eigenvalue weighted by Crippen LogP contribution is -2.28. The summed E-state index contributed by atoms with van der Waals surface area (Å²) in [6.45, 7) is 0. The van der Waals surface area contributed by atoms with Gasteiger partial charge in [0.1, 0.15) is 0 Å². The molecule has 294 valence electrons. The van der Waals surface area contributed by atoms with E-state index in [4.69, 9.17) is 4.98 Å². The average Bonchev–Trinajstić information content (AvgIpc) is 3.67. The summed E-state index contributed by atoms with van der Waals surface area (Å²) in [5.74, 6) is 0. The molecule has 0 saturated heterocycles. The maximum absolute atomic E-state index is 5.29. The molecule has 0 spiro atoms. The van der Waals surface area contributed by atoms with Gasteiger partial charge >= 0.3 is 0 Å². The predicted molar refractivity (Wildman–Crippen MR) is 264 cm³/mol. The van der Waals surface area contributed by atoms with Gasteiger partial charge in [-0.2, -0.15) is 0 Å². The van der Waals surface area contributed by atoms with Crippen molar-refractivity contribution in [3.63, 3.8) is 0 Å². The van der Waals surface area contributed by atoms with Gasteiger partial charge in [0.25, 0.3) is 0 Å². The van der Waals surface area contributed by atoms with Gasteiger partial charge in [0, 0.05) is 17.3 Å². The minimum Gasteiger partial charge on any atom is -0.256 e. The van der Waals surface area contributed by atoms with Crippen LogP contribution in [-0.2, 0) is 5.41 Å². The van der Waals surface area contributed by atoms with Gasteiger partial charge < -0.3 is 0 Å². The first-order valence-electron chi connectivity index (χ1n) is 21.8. The number of aromatic nitrogens is 1. The van der Waals surface area contributed by atoms with Gasteiger partial charge in [0.2, 0.25) is 0 Å². The lowest BCUT2D eigenvalue weighted by Gasteiger charge is -2.34. The number of hydrogen-bond acceptors (Lipinski definition) is 1. The maximum Gasteiger partial charge on any atom is 0.0714 e. The fourth-order valence-electron chi connectivity index (χ4n) is 10.4. The molecule has 0 fully saturated rings. The van der Waals surface area contributed by atoms with Crippen LogP contribution in [0.2, 0.25) is 0 Å². The summed E-state index contributed by atoms with van der Waals surface area (Å²) in [6.07, 6.45) is 2.05. The summed E-state index contributed by atoms with van der Waals surface area (Å²) in [5, 5.41) is 4.79. The van der Waals surface area contributed by atoms with Crippen molar-refractivity contribution in [2.75, 3.05) is 0 Å². The molecule has 1 aromatic heterocycles. The van der Waals surface area contributed by atoms with Crippen molar-refractivity contribution in [2.45, 2.75) is 5.41 Å². The van der Waals surface area contributed by atoms with Crippen LogP contribution >= 0.6 is 0 Å². The van der Waals surface area contributed by atoms with E-state index in [1.54, 1.807) is 0 Å². The van der Waals surface area contributed by atoms with Crippen LogP contribution < -0.4 is 0 Å². The highest BCUT2D eigenvalue weighted by Crippen LogP contribution is 2.57. The summed E-state index contributed by atoms with van der Waals surface area (Å²) >= 11 is 0. The molecule has 0 amide bonds. The lowest BCUT2D eigenvalue weighted by molar-refractivity contribution is 0.769. The van der Waals surface area contributed by atoms with Gasteiger partial charge in [-0.1, -0.05) is 212 Å². The van der Waals surface area contributed by atoms with Crippen LogP contribution in [0.3, 0.4) is 0 Å². The smallest absolute Gasteiger partial charge is 0.0714 e. The van der Waals surface area contributed by atoms with Crippen LogP contribution in [0, 0.1) is 0 Å². The van der Waals surface area contributed by atoms with Gasteiger partial charge in [-0.3, -0.25) is 4.98 Å². The first kappa shape index (κ1) is 36.7. The van der Waals surface area contributed by atoms with Crippen molar-refractivity contribution in [3.05, 3.63) is 271 Å². The molecule has 0 unspecified atom stereocenters. The number of nitrogens with zero attached hydrogens (tertiary/aromatic N) is 1. The van der Waals surface area contributed by atoms with Gasteiger partial charge in [0.05, 0.1) is 11.1 Å². The SMILES string of the molecule is c1ccc(-c2cc(-c3ccccc3)cc(-c3ccc(-c4c5ccccc5c(-c5ccc6c(c5)C(c5ccccc5)(c5ccccc5)c5ccccc5-6)c5ccccc45)nc3)c2)cc1. The van der Waals surface area contributed by atoms with E-state index in [0.717, 1.165) is 22.4 Å². The minimum absolute atomic E-state index is 0.482. The van der Waals surface area contributed by atoms with Crippen molar-refractivity contribution in [3.8, 4) is 66.9 Å². The number of fused-ring (bicyclic) bond motifs is 5. The molecule has 0 atom stereocenters. The molecule has 1 nitrogen and oxygen atoms in total. The molecule has 10 aromatic carbocycles. The van der Waals surface area contributed by atoms with Crippen LogP contribution in [0.1, 0.15) is 22.3 Å². The van der Waals surface area contributed by atoms with Gasteiger partial charge in [-0.15, -0.1) is 0 Å². The Kier molecular flexibility index (Phi) is 8.79. The second kappa shape index (κ2) is 15.1. The van der Waals surface area contributed by atoms with E-state index >= 15 is 0 Å². The van der Waals surface area contributed by atoms with Gasteiger partial charge in [-0.25, -0.2) is 0 Å². The molecule has 12 rings (SSSR count). The van der Waals surface area contributed by atoms with Gasteiger partial charge in [-0.05, 0) is 124 Å². The largest absolute Gasteiger partial charge is 0.256 e. The normalized spacial score (nSPS) is 12.6. The van der Waals surface area contributed by atoms with Crippen LogP contribution in [0.25, 0.3) is 88.4 Å². The van der Waals surface area contributed by atoms with E-state index in [0.29, 0.717) is 0 Å².